The molecule has 1 atom stereocenters. The van der Waals surface area contributed by atoms with E-state index in [2.05, 4.69) is 0 Å². The first kappa shape index (κ1) is 14.7. The van der Waals surface area contributed by atoms with Crippen LogP contribution in [0, 0.1) is 5.92 Å². The molecule has 112 valence electrons. The van der Waals surface area contributed by atoms with E-state index in [9.17, 15) is 24.0 Å². The number of hydrogen-bond donors (Lipinski definition) is 2. The van der Waals surface area contributed by atoms with Crippen molar-refractivity contribution in [2.75, 3.05) is 26.2 Å². The third kappa shape index (κ3) is 2.91. The van der Waals surface area contributed by atoms with Crippen LogP contribution in [0.25, 0.3) is 0 Å². The number of carbonyl (C=O) groups excluding carboxylic acids is 3. The van der Waals surface area contributed by atoms with Crippen LogP contribution in [-0.2, 0) is 24.0 Å². The van der Waals surface area contributed by atoms with Gasteiger partial charge in [0, 0.05) is 12.6 Å². The van der Waals surface area contributed by atoms with Gasteiger partial charge in [0.1, 0.15) is 19.0 Å². The number of carboxylic acids is 2. The molecule has 0 aromatic heterocycles. The molecule has 2 aliphatic heterocycles. The molecule has 1 saturated heterocycles. The molecule has 2 amide bonds. The number of aliphatic carboxylic acids is 2. The van der Waals surface area contributed by atoms with Crippen molar-refractivity contribution in [3.63, 3.8) is 0 Å². The number of carboxylic acid groups (broad SMARTS) is 2. The Balaban J connectivity index is 2.12. The maximum Gasteiger partial charge on any atom is 0.323 e. The highest BCUT2D eigenvalue weighted by atomic mass is 16.4. The summed E-state index contributed by atoms with van der Waals surface area (Å²) in [4.78, 5) is 58.6. The average molecular weight is 296 g/mol. The van der Waals surface area contributed by atoms with Crippen molar-refractivity contribution in [3.05, 3.63) is 11.6 Å². The summed E-state index contributed by atoms with van der Waals surface area (Å²) in [5, 5.41) is 17.3. The Morgan fingerprint density at radius 1 is 1.05 bits per heavy atom. The number of amides is 2. The lowest BCUT2D eigenvalue weighted by Crippen LogP contribution is -2.34. The number of carbonyl (C=O) groups is 5. The quantitative estimate of drug-likeness (QED) is 0.558. The SMILES string of the molecule is O=C(O)CN1CC(C2C(=O)CN(CC(=O)O)C2=O)=CC1=O. The Hall–Kier alpha value is -2.71. The summed E-state index contributed by atoms with van der Waals surface area (Å²) in [6.45, 7) is -1.54. The van der Waals surface area contributed by atoms with E-state index in [1.54, 1.807) is 0 Å². The van der Waals surface area contributed by atoms with Crippen LogP contribution in [0.15, 0.2) is 11.6 Å². The second-order valence-electron chi connectivity index (χ2n) is 4.79. The van der Waals surface area contributed by atoms with Gasteiger partial charge in [-0.05, 0) is 5.57 Å². The molecule has 0 aromatic rings. The molecule has 0 radical (unpaired) electrons. The van der Waals surface area contributed by atoms with Gasteiger partial charge < -0.3 is 20.0 Å². The molecule has 0 aromatic carbocycles. The van der Waals surface area contributed by atoms with Crippen LogP contribution < -0.4 is 0 Å². The van der Waals surface area contributed by atoms with E-state index in [-0.39, 0.29) is 18.7 Å². The minimum atomic E-state index is -1.24. The Kier molecular flexibility index (Phi) is 3.74. The molecule has 2 rings (SSSR count). The lowest BCUT2D eigenvalue weighted by Gasteiger charge is -2.16. The van der Waals surface area contributed by atoms with Gasteiger partial charge in [-0.15, -0.1) is 0 Å². The number of hydrogen-bond acceptors (Lipinski definition) is 5. The van der Waals surface area contributed by atoms with Gasteiger partial charge >= 0.3 is 11.9 Å². The molecule has 2 heterocycles. The first-order valence-electron chi connectivity index (χ1n) is 6.04. The van der Waals surface area contributed by atoms with Crippen LogP contribution in [0.4, 0.5) is 0 Å². The lowest BCUT2D eigenvalue weighted by atomic mass is 9.97. The van der Waals surface area contributed by atoms with E-state index in [1.807, 2.05) is 0 Å². The van der Waals surface area contributed by atoms with E-state index in [4.69, 9.17) is 10.2 Å². The summed E-state index contributed by atoms with van der Waals surface area (Å²) in [5.41, 5.74) is 0.212. The summed E-state index contributed by atoms with van der Waals surface area (Å²) in [6, 6.07) is 0. The van der Waals surface area contributed by atoms with Crippen molar-refractivity contribution in [3.8, 4) is 0 Å². The van der Waals surface area contributed by atoms with E-state index in [0.29, 0.717) is 0 Å². The number of likely N-dealkylation sites (tertiary alicyclic amines) is 1. The topological polar surface area (TPSA) is 132 Å². The molecule has 2 N–H and O–H groups in total. The number of Topliss-reactive ketones (excluding diaryl/α,β-unsaturated/α-hetero) is 1. The zero-order valence-electron chi connectivity index (χ0n) is 10.8. The Labute approximate surface area is 118 Å². The van der Waals surface area contributed by atoms with Gasteiger partial charge in [-0.3, -0.25) is 24.0 Å². The molecule has 0 saturated carbocycles. The summed E-state index contributed by atoms with van der Waals surface area (Å²) >= 11 is 0. The first-order valence-corrected chi connectivity index (χ1v) is 6.04. The van der Waals surface area contributed by atoms with Crippen molar-refractivity contribution < 1.29 is 34.2 Å². The minimum Gasteiger partial charge on any atom is -0.480 e. The zero-order chi connectivity index (χ0) is 15.7. The van der Waals surface area contributed by atoms with Gasteiger partial charge in [-0.25, -0.2) is 0 Å². The van der Waals surface area contributed by atoms with Crippen LogP contribution in [0.2, 0.25) is 0 Å². The summed E-state index contributed by atoms with van der Waals surface area (Å²) in [6.07, 6.45) is 1.08. The highest BCUT2D eigenvalue weighted by molar-refractivity contribution is 6.13. The Bertz CT molecular complexity index is 580. The Morgan fingerprint density at radius 3 is 2.19 bits per heavy atom. The van der Waals surface area contributed by atoms with Gasteiger partial charge in [-0.2, -0.15) is 0 Å². The summed E-state index contributed by atoms with van der Waals surface area (Å²) in [5.74, 6) is -5.36. The molecule has 0 bridgehead atoms. The van der Waals surface area contributed by atoms with Crippen molar-refractivity contribution in [1.82, 2.24) is 9.80 Å². The molecule has 21 heavy (non-hydrogen) atoms. The highest BCUT2D eigenvalue weighted by Crippen LogP contribution is 2.26. The van der Waals surface area contributed by atoms with Crippen LogP contribution >= 0.6 is 0 Å². The number of rotatable bonds is 5. The molecular formula is C12H12N2O7. The normalized spacial score (nSPS) is 22.0. The third-order valence-electron chi connectivity index (χ3n) is 3.24. The standard InChI is InChI=1S/C12H12N2O7/c15-7-3-14(5-10(19)20)12(21)11(7)6-1-8(16)13(2-6)4-9(17)18/h1,11H,2-5H2,(H,17,18)(H,19,20). The average Bonchev–Trinajstić information content (AvgIpc) is 2.80. The van der Waals surface area contributed by atoms with Crippen molar-refractivity contribution >= 4 is 29.5 Å². The zero-order valence-corrected chi connectivity index (χ0v) is 10.8. The van der Waals surface area contributed by atoms with E-state index < -0.39 is 48.5 Å². The number of ketones is 1. The van der Waals surface area contributed by atoms with Crippen molar-refractivity contribution in [2.24, 2.45) is 5.92 Å². The van der Waals surface area contributed by atoms with Crippen LogP contribution in [0.1, 0.15) is 0 Å². The molecular weight excluding hydrogens is 284 g/mol. The van der Waals surface area contributed by atoms with Crippen molar-refractivity contribution in [1.29, 1.82) is 0 Å². The van der Waals surface area contributed by atoms with Gasteiger partial charge in [0.15, 0.2) is 5.78 Å². The van der Waals surface area contributed by atoms with Gasteiger partial charge in [0.05, 0.1) is 6.54 Å². The first-order chi connectivity index (χ1) is 9.79. The minimum absolute atomic E-state index is 0.117. The smallest absolute Gasteiger partial charge is 0.323 e. The van der Waals surface area contributed by atoms with Crippen LogP contribution in [0.3, 0.4) is 0 Å². The lowest BCUT2D eigenvalue weighted by molar-refractivity contribution is -0.143. The number of nitrogens with zero attached hydrogens (tertiary/aromatic N) is 2. The predicted octanol–water partition coefficient (Wildman–Crippen LogP) is -2.05. The van der Waals surface area contributed by atoms with E-state index in [1.165, 1.54) is 0 Å². The second kappa shape index (κ2) is 5.35. The maximum absolute atomic E-state index is 12.0. The van der Waals surface area contributed by atoms with Gasteiger partial charge in [-0.1, -0.05) is 0 Å². The molecule has 2 aliphatic rings. The van der Waals surface area contributed by atoms with Crippen LogP contribution in [0.5, 0.6) is 0 Å². The summed E-state index contributed by atoms with van der Waals surface area (Å²) in [7, 11) is 0. The molecule has 1 unspecified atom stereocenters. The van der Waals surface area contributed by atoms with Crippen LogP contribution in [-0.4, -0.2) is 75.7 Å². The molecule has 0 spiro atoms. The second-order valence-corrected chi connectivity index (χ2v) is 4.79. The van der Waals surface area contributed by atoms with E-state index in [0.717, 1.165) is 15.9 Å². The molecule has 0 aliphatic carbocycles. The van der Waals surface area contributed by atoms with Gasteiger partial charge in [0.2, 0.25) is 11.8 Å². The fraction of sp³-hybridized carbons (Fsp3) is 0.417. The maximum atomic E-state index is 12.0. The highest BCUT2D eigenvalue weighted by Gasteiger charge is 2.44. The Morgan fingerprint density at radius 2 is 1.62 bits per heavy atom. The summed E-state index contributed by atoms with van der Waals surface area (Å²) < 4.78 is 0. The third-order valence-corrected chi connectivity index (χ3v) is 3.24. The van der Waals surface area contributed by atoms with Gasteiger partial charge in [0.25, 0.3) is 0 Å². The fourth-order valence-corrected chi connectivity index (χ4v) is 2.41. The fourth-order valence-electron chi connectivity index (χ4n) is 2.41. The molecule has 9 nitrogen and oxygen atoms in total. The largest absolute Gasteiger partial charge is 0.480 e. The van der Waals surface area contributed by atoms with Crippen molar-refractivity contribution in [2.45, 2.75) is 0 Å². The molecule has 1 fully saturated rings. The predicted molar refractivity (Wildman–Crippen MR) is 65.0 cm³/mol. The van der Waals surface area contributed by atoms with E-state index >= 15 is 0 Å². The molecule has 9 heteroatoms. The monoisotopic (exact) mass is 296 g/mol.